The summed E-state index contributed by atoms with van der Waals surface area (Å²) in [6.45, 7) is 8.05. The molecule has 0 aliphatic carbocycles. The van der Waals surface area contributed by atoms with Crippen molar-refractivity contribution in [1.82, 2.24) is 35.3 Å². The van der Waals surface area contributed by atoms with Crippen LogP contribution >= 0.6 is 0 Å². The summed E-state index contributed by atoms with van der Waals surface area (Å²) in [5.41, 5.74) is 6.20. The molecule has 0 atom stereocenters. The first-order valence-electron chi connectivity index (χ1n) is 13.5. The predicted octanol–water partition coefficient (Wildman–Crippen LogP) is 3.66. The van der Waals surface area contributed by atoms with Crippen LogP contribution in [-0.4, -0.2) is 75.1 Å². The maximum Gasteiger partial charge on any atom is 0.276 e. The molecule has 0 spiro atoms. The van der Waals surface area contributed by atoms with Gasteiger partial charge in [-0.3, -0.25) is 29.7 Å². The molecule has 5 heterocycles. The lowest BCUT2D eigenvalue weighted by Gasteiger charge is -2.27. The number of piperazine rings is 1. The van der Waals surface area contributed by atoms with Crippen molar-refractivity contribution in [2.45, 2.75) is 32.4 Å². The van der Waals surface area contributed by atoms with Crippen molar-refractivity contribution < 1.29 is 4.79 Å². The molecule has 0 saturated carbocycles. The van der Waals surface area contributed by atoms with Gasteiger partial charge in [0, 0.05) is 68.8 Å². The van der Waals surface area contributed by atoms with Gasteiger partial charge in [0.05, 0.1) is 17.4 Å². The summed E-state index contributed by atoms with van der Waals surface area (Å²) in [4.78, 5) is 27.0. The fourth-order valence-corrected chi connectivity index (χ4v) is 5.43. The van der Waals surface area contributed by atoms with Crippen LogP contribution in [-0.2, 0) is 13.1 Å². The third kappa shape index (κ3) is 5.75. The van der Waals surface area contributed by atoms with E-state index in [9.17, 15) is 4.79 Å². The Labute approximate surface area is 222 Å². The van der Waals surface area contributed by atoms with E-state index in [1.54, 1.807) is 6.20 Å². The molecule has 2 fully saturated rings. The zero-order valence-corrected chi connectivity index (χ0v) is 21.6. The Balaban J connectivity index is 1.19. The number of likely N-dealkylation sites (tertiary alicyclic amines) is 1. The lowest BCUT2D eigenvalue weighted by atomic mass is 10.0. The number of amides is 1. The number of hydrogen-bond acceptors (Lipinski definition) is 7. The van der Waals surface area contributed by atoms with Crippen molar-refractivity contribution in [1.29, 1.82) is 0 Å². The van der Waals surface area contributed by atoms with E-state index in [2.05, 4.69) is 46.7 Å². The highest BCUT2D eigenvalue weighted by Crippen LogP contribution is 2.27. The normalized spacial score (nSPS) is 17.1. The molecule has 9 nitrogen and oxygen atoms in total. The second kappa shape index (κ2) is 11.4. The summed E-state index contributed by atoms with van der Waals surface area (Å²) in [6, 6.07) is 10.2. The van der Waals surface area contributed by atoms with E-state index < -0.39 is 0 Å². The molecular formula is C29H34N8O. The number of nitrogens with zero attached hydrogens (tertiary/aromatic N) is 5. The number of rotatable bonds is 7. The molecule has 2 saturated heterocycles. The molecule has 0 bridgehead atoms. The number of pyridine rings is 2. The molecule has 38 heavy (non-hydrogen) atoms. The highest BCUT2D eigenvalue weighted by Gasteiger charge is 2.17. The molecule has 4 aromatic rings. The van der Waals surface area contributed by atoms with Crippen LogP contribution in [0.1, 0.15) is 40.9 Å². The number of carbonyl (C=O) groups is 1. The van der Waals surface area contributed by atoms with Crippen molar-refractivity contribution in [2.24, 2.45) is 0 Å². The van der Waals surface area contributed by atoms with Crippen molar-refractivity contribution in [2.75, 3.05) is 44.6 Å². The number of aromatic nitrogens is 4. The van der Waals surface area contributed by atoms with Gasteiger partial charge in [-0.1, -0.05) is 12.5 Å². The lowest BCUT2D eigenvalue weighted by molar-refractivity contribution is 0.102. The number of hydrogen-bond donors (Lipinski definition) is 3. The van der Waals surface area contributed by atoms with Crippen LogP contribution in [0.3, 0.4) is 0 Å². The average molecular weight is 511 g/mol. The molecule has 3 aromatic heterocycles. The number of H-pyrrole nitrogens is 1. The number of fused-ring (bicyclic) bond motifs is 1. The first-order valence-corrected chi connectivity index (χ1v) is 13.5. The van der Waals surface area contributed by atoms with Crippen molar-refractivity contribution in [3.63, 3.8) is 0 Å². The van der Waals surface area contributed by atoms with E-state index >= 15 is 0 Å². The first kappa shape index (κ1) is 24.7. The summed E-state index contributed by atoms with van der Waals surface area (Å²) >= 11 is 0. The van der Waals surface area contributed by atoms with E-state index in [-0.39, 0.29) is 5.91 Å². The highest BCUT2D eigenvalue weighted by molar-refractivity contribution is 6.11. The van der Waals surface area contributed by atoms with Crippen LogP contribution in [0.4, 0.5) is 5.69 Å². The summed E-state index contributed by atoms with van der Waals surface area (Å²) < 4.78 is 0. The molecule has 0 radical (unpaired) electrons. The molecule has 1 aromatic carbocycles. The van der Waals surface area contributed by atoms with E-state index in [4.69, 9.17) is 0 Å². The topological polar surface area (TPSA) is 102 Å². The molecule has 0 unspecified atom stereocenters. The smallest absolute Gasteiger partial charge is 0.276 e. The molecular weight excluding hydrogens is 476 g/mol. The number of benzene rings is 1. The Bertz CT molecular complexity index is 1400. The number of aromatic amines is 1. The van der Waals surface area contributed by atoms with Gasteiger partial charge in [-0.2, -0.15) is 5.10 Å². The Kier molecular flexibility index (Phi) is 7.39. The third-order valence-corrected chi connectivity index (χ3v) is 7.43. The minimum Gasteiger partial charge on any atom is -0.319 e. The van der Waals surface area contributed by atoms with Gasteiger partial charge in [0.25, 0.3) is 5.91 Å². The van der Waals surface area contributed by atoms with Gasteiger partial charge in [0.15, 0.2) is 5.69 Å². The quantitative estimate of drug-likeness (QED) is 0.349. The molecule has 3 N–H and O–H groups in total. The number of piperidine rings is 1. The lowest BCUT2D eigenvalue weighted by Crippen LogP contribution is -2.42. The molecule has 2 aliphatic rings. The van der Waals surface area contributed by atoms with Crippen molar-refractivity contribution in [3.05, 3.63) is 71.9 Å². The van der Waals surface area contributed by atoms with E-state index in [1.165, 1.54) is 24.8 Å². The second-order valence-electron chi connectivity index (χ2n) is 10.3. The van der Waals surface area contributed by atoms with Crippen molar-refractivity contribution >= 4 is 22.5 Å². The Morgan fingerprint density at radius 1 is 0.816 bits per heavy atom. The van der Waals surface area contributed by atoms with E-state index in [1.807, 2.05) is 42.9 Å². The Hall–Kier alpha value is -3.66. The summed E-state index contributed by atoms with van der Waals surface area (Å²) in [6.07, 6.45) is 11.2. The molecule has 9 heteroatoms. The van der Waals surface area contributed by atoms with Crippen LogP contribution in [0, 0.1) is 0 Å². The van der Waals surface area contributed by atoms with E-state index in [0.717, 1.165) is 80.0 Å². The first-order chi connectivity index (χ1) is 18.7. The fraction of sp³-hybridized carbons (Fsp3) is 0.379. The van der Waals surface area contributed by atoms with Crippen LogP contribution in [0.25, 0.3) is 22.0 Å². The van der Waals surface area contributed by atoms with Crippen LogP contribution < -0.4 is 10.6 Å². The van der Waals surface area contributed by atoms with Gasteiger partial charge in [0.1, 0.15) is 0 Å². The van der Waals surface area contributed by atoms with Gasteiger partial charge in [-0.25, -0.2) is 0 Å². The standard InChI is InChI=1S/C29H34N8O/c38-29(33-25-13-22(16-32-18-25)20-37-10-6-30-7-11-37)28-26-14-23(4-5-27(26)34-35-28)24-12-21(15-31-17-24)19-36-8-2-1-3-9-36/h4-5,12-18,30H,1-3,6-11,19-20H2,(H,33,38)(H,34,35). The number of carbonyl (C=O) groups excluding carboxylic acids is 1. The van der Waals surface area contributed by atoms with Crippen LogP contribution in [0.15, 0.2) is 55.1 Å². The summed E-state index contributed by atoms with van der Waals surface area (Å²) in [5, 5.41) is 14.5. The van der Waals surface area contributed by atoms with Gasteiger partial charge >= 0.3 is 0 Å². The van der Waals surface area contributed by atoms with Crippen molar-refractivity contribution in [3.8, 4) is 11.1 Å². The Morgan fingerprint density at radius 3 is 2.37 bits per heavy atom. The van der Waals surface area contributed by atoms with Crippen LogP contribution in [0.2, 0.25) is 0 Å². The Morgan fingerprint density at radius 2 is 1.55 bits per heavy atom. The zero-order chi connectivity index (χ0) is 25.7. The van der Waals surface area contributed by atoms with Gasteiger partial charge in [0.2, 0.25) is 0 Å². The average Bonchev–Trinajstić information content (AvgIpc) is 3.38. The maximum atomic E-state index is 13.3. The minimum atomic E-state index is -0.258. The van der Waals surface area contributed by atoms with Gasteiger partial charge < -0.3 is 10.6 Å². The molecule has 2 aliphatic heterocycles. The van der Waals surface area contributed by atoms with Gasteiger partial charge in [-0.05, 0) is 66.9 Å². The zero-order valence-electron chi connectivity index (χ0n) is 21.6. The highest BCUT2D eigenvalue weighted by atomic mass is 16.1. The monoisotopic (exact) mass is 510 g/mol. The molecule has 1 amide bonds. The summed E-state index contributed by atoms with van der Waals surface area (Å²) in [5.74, 6) is -0.258. The number of anilines is 1. The second-order valence-corrected chi connectivity index (χ2v) is 10.3. The fourth-order valence-electron chi connectivity index (χ4n) is 5.43. The van der Waals surface area contributed by atoms with Gasteiger partial charge in [-0.15, -0.1) is 0 Å². The van der Waals surface area contributed by atoms with E-state index in [0.29, 0.717) is 11.4 Å². The predicted molar refractivity (Wildman–Crippen MR) is 149 cm³/mol. The number of nitrogens with one attached hydrogen (secondary N) is 3. The minimum absolute atomic E-state index is 0.258. The SMILES string of the molecule is O=C(Nc1cncc(CN2CCNCC2)c1)c1n[nH]c2ccc(-c3cncc(CN4CCCCC4)c3)cc12. The maximum absolute atomic E-state index is 13.3. The summed E-state index contributed by atoms with van der Waals surface area (Å²) in [7, 11) is 0. The van der Waals surface area contributed by atoms with Crippen LogP contribution in [0.5, 0.6) is 0 Å². The molecule has 6 rings (SSSR count). The third-order valence-electron chi connectivity index (χ3n) is 7.43. The molecule has 196 valence electrons. The largest absolute Gasteiger partial charge is 0.319 e.